The van der Waals surface area contributed by atoms with Crippen LogP contribution in [0.1, 0.15) is 0 Å². The van der Waals surface area contributed by atoms with Crippen LogP contribution in [0.2, 0.25) is 0 Å². The first-order valence-corrected chi connectivity index (χ1v) is 7.78. The summed E-state index contributed by atoms with van der Waals surface area (Å²) in [7, 11) is 0. The molecule has 6 heteroatoms. The van der Waals surface area contributed by atoms with Crippen LogP contribution in [0.15, 0.2) is 76.5 Å². The van der Waals surface area contributed by atoms with Gasteiger partial charge in [0.25, 0.3) is 0 Å². The Hall–Kier alpha value is -3.80. The van der Waals surface area contributed by atoms with Crippen LogP contribution in [0.4, 0.5) is 0 Å². The van der Waals surface area contributed by atoms with Crippen molar-refractivity contribution in [3.8, 4) is 0 Å². The summed E-state index contributed by atoms with van der Waals surface area (Å²) in [5.41, 5.74) is -2.16. The molecule has 0 bridgehead atoms. The minimum atomic E-state index is -0.511. The molecule has 0 aliphatic heterocycles. The van der Waals surface area contributed by atoms with Gasteiger partial charge in [-0.1, -0.05) is 24.3 Å². The first-order chi connectivity index (χ1) is 12.6. The van der Waals surface area contributed by atoms with Crippen LogP contribution in [-0.2, 0) is 0 Å². The lowest BCUT2D eigenvalue weighted by atomic mass is 10.1. The molecule has 0 fully saturated rings. The molecule has 0 aliphatic carbocycles. The van der Waals surface area contributed by atoms with Crippen LogP contribution in [0.25, 0.3) is 43.9 Å². The molecule has 0 aliphatic rings. The second kappa shape index (κ2) is 4.86. The third kappa shape index (κ3) is 1.75. The van der Waals surface area contributed by atoms with Gasteiger partial charge in [-0.15, -0.1) is 0 Å². The van der Waals surface area contributed by atoms with Gasteiger partial charge in [0.05, 0.1) is 5.39 Å². The number of rotatable bonds is 0. The van der Waals surface area contributed by atoms with Gasteiger partial charge in [0.2, 0.25) is 22.0 Å². The number of benzene rings is 4. The minimum Gasteiger partial charge on any atom is -0.445 e. The molecule has 0 spiro atoms. The fraction of sp³-hybridized carbons (Fsp3) is 0. The highest BCUT2D eigenvalue weighted by atomic mass is 16.4. The lowest BCUT2D eigenvalue weighted by Gasteiger charge is -2.04. The van der Waals surface area contributed by atoms with Crippen molar-refractivity contribution in [3.63, 3.8) is 0 Å². The minimum absolute atomic E-state index is 0.0236. The zero-order valence-corrected chi connectivity index (χ0v) is 13.1. The Morgan fingerprint density at radius 2 is 1.15 bits per heavy atom. The number of hydrogen-bond acceptors (Lipinski definition) is 6. The Kier molecular flexibility index (Phi) is 2.72. The maximum absolute atomic E-state index is 12.7. The lowest BCUT2D eigenvalue weighted by Crippen LogP contribution is -2.13. The summed E-state index contributed by atoms with van der Waals surface area (Å²) in [6.45, 7) is 0. The first-order valence-electron chi connectivity index (χ1n) is 7.78. The van der Waals surface area contributed by atoms with Crippen molar-refractivity contribution in [3.05, 3.63) is 89.4 Å². The molecule has 1 heterocycles. The van der Waals surface area contributed by atoms with Crippen molar-refractivity contribution < 1.29 is 8.83 Å². The molecule has 5 aromatic rings. The predicted molar refractivity (Wildman–Crippen MR) is 97.3 cm³/mol. The van der Waals surface area contributed by atoms with Crippen LogP contribution in [-0.4, -0.2) is 0 Å². The van der Waals surface area contributed by atoms with E-state index in [1.165, 1.54) is 30.3 Å². The predicted octanol–water partition coefficient (Wildman–Crippen LogP) is 2.36. The van der Waals surface area contributed by atoms with Crippen molar-refractivity contribution in [2.45, 2.75) is 0 Å². The van der Waals surface area contributed by atoms with E-state index in [9.17, 15) is 19.2 Å². The molecule has 124 valence electrons. The average Bonchev–Trinajstić information content (AvgIpc) is 2.67. The fourth-order valence-electron chi connectivity index (χ4n) is 3.25. The van der Waals surface area contributed by atoms with Crippen LogP contribution >= 0.6 is 0 Å². The molecule has 0 saturated heterocycles. The van der Waals surface area contributed by atoms with Gasteiger partial charge >= 0.3 is 0 Å². The highest BCUT2D eigenvalue weighted by molar-refractivity contribution is 6.03. The third-order valence-corrected chi connectivity index (χ3v) is 4.47. The standard InChI is InChI=1S/C20H8O6/c21-12-6-7-13(22)15-11(12)5-8-14-18(15)26-20-17(24)10-4-2-1-3-9(10)16(23)19(20)25-14/h1-8H. The van der Waals surface area contributed by atoms with Gasteiger partial charge in [-0.3, -0.25) is 19.2 Å². The molecule has 1 aromatic heterocycles. The zero-order valence-electron chi connectivity index (χ0n) is 13.1. The summed E-state index contributed by atoms with van der Waals surface area (Å²) in [5.74, 6) is 0. The Morgan fingerprint density at radius 1 is 0.538 bits per heavy atom. The summed E-state index contributed by atoms with van der Waals surface area (Å²) in [4.78, 5) is 49.7. The molecule has 0 unspecified atom stereocenters. The van der Waals surface area contributed by atoms with Crippen LogP contribution in [0, 0.1) is 0 Å². The molecular weight excluding hydrogens is 336 g/mol. The van der Waals surface area contributed by atoms with Gasteiger partial charge in [-0.2, -0.15) is 0 Å². The van der Waals surface area contributed by atoms with E-state index >= 15 is 0 Å². The maximum Gasteiger partial charge on any atom is 0.233 e. The summed E-state index contributed by atoms with van der Waals surface area (Å²) in [6.07, 6.45) is 0. The van der Waals surface area contributed by atoms with Crippen molar-refractivity contribution >= 4 is 43.9 Å². The lowest BCUT2D eigenvalue weighted by molar-refractivity contribution is 0.581. The maximum atomic E-state index is 12.7. The third-order valence-electron chi connectivity index (χ3n) is 4.47. The number of hydrogen-bond donors (Lipinski definition) is 0. The van der Waals surface area contributed by atoms with Gasteiger partial charge in [0.1, 0.15) is 0 Å². The Morgan fingerprint density at radius 3 is 1.85 bits per heavy atom. The van der Waals surface area contributed by atoms with Crippen LogP contribution in [0.5, 0.6) is 0 Å². The average molecular weight is 344 g/mol. The van der Waals surface area contributed by atoms with Gasteiger partial charge in [-0.25, -0.2) is 0 Å². The van der Waals surface area contributed by atoms with Crippen molar-refractivity contribution in [1.29, 1.82) is 0 Å². The second-order valence-electron chi connectivity index (χ2n) is 5.94. The first kappa shape index (κ1) is 14.5. The van der Waals surface area contributed by atoms with E-state index in [0.717, 1.165) is 6.07 Å². The smallest absolute Gasteiger partial charge is 0.233 e. The van der Waals surface area contributed by atoms with Gasteiger partial charge < -0.3 is 8.83 Å². The molecule has 5 rings (SSSR count). The summed E-state index contributed by atoms with van der Waals surface area (Å²) in [5, 5.41) is 0.630. The van der Waals surface area contributed by atoms with E-state index in [2.05, 4.69) is 0 Å². The van der Waals surface area contributed by atoms with E-state index in [1.807, 2.05) is 0 Å². The van der Waals surface area contributed by atoms with E-state index in [-0.39, 0.29) is 49.3 Å². The summed E-state index contributed by atoms with van der Waals surface area (Å²) in [6, 6.07) is 11.6. The topological polar surface area (TPSA) is 94.6 Å². The Labute approximate surface area is 142 Å². The van der Waals surface area contributed by atoms with Gasteiger partial charge in [0.15, 0.2) is 22.0 Å². The van der Waals surface area contributed by atoms with Crippen LogP contribution < -0.4 is 21.7 Å². The van der Waals surface area contributed by atoms with E-state index in [0.29, 0.717) is 0 Å². The summed E-state index contributed by atoms with van der Waals surface area (Å²) >= 11 is 0. The summed E-state index contributed by atoms with van der Waals surface area (Å²) < 4.78 is 11.3. The van der Waals surface area contributed by atoms with Gasteiger partial charge in [0, 0.05) is 16.2 Å². The largest absolute Gasteiger partial charge is 0.445 e. The quantitative estimate of drug-likeness (QED) is 0.316. The van der Waals surface area contributed by atoms with E-state index in [1.54, 1.807) is 12.1 Å². The van der Waals surface area contributed by atoms with Crippen molar-refractivity contribution in [2.24, 2.45) is 0 Å². The molecular formula is C20H8O6. The molecule has 0 saturated carbocycles. The molecule has 4 aromatic carbocycles. The highest BCUT2D eigenvalue weighted by Crippen LogP contribution is 2.25. The molecule has 26 heavy (non-hydrogen) atoms. The number of fused-ring (bicyclic) bond motifs is 5. The monoisotopic (exact) mass is 344 g/mol. The molecule has 0 amide bonds. The fourth-order valence-corrected chi connectivity index (χ4v) is 3.25. The molecule has 6 nitrogen and oxygen atoms in total. The second-order valence-corrected chi connectivity index (χ2v) is 5.94. The van der Waals surface area contributed by atoms with Crippen molar-refractivity contribution in [1.82, 2.24) is 0 Å². The Balaban J connectivity index is 2.14. The SMILES string of the molecule is O=c1ccc(=O)c2c1ccc1oc3c(=O)c4ccccc4c(=O)c3oc12. The van der Waals surface area contributed by atoms with Crippen LogP contribution in [0.3, 0.4) is 0 Å². The van der Waals surface area contributed by atoms with Gasteiger partial charge in [-0.05, 0) is 24.3 Å². The highest BCUT2D eigenvalue weighted by Gasteiger charge is 2.18. The zero-order chi connectivity index (χ0) is 18.0. The van der Waals surface area contributed by atoms with Crippen molar-refractivity contribution in [2.75, 3.05) is 0 Å². The Bertz CT molecular complexity index is 1610. The van der Waals surface area contributed by atoms with E-state index in [4.69, 9.17) is 8.83 Å². The van der Waals surface area contributed by atoms with E-state index < -0.39 is 16.3 Å². The molecule has 0 atom stereocenters. The normalized spacial score (nSPS) is 11.7. The molecule has 0 radical (unpaired) electrons. The molecule has 0 N–H and O–H groups in total.